The molecule has 0 aromatic heterocycles. The molecule has 20 heavy (non-hydrogen) atoms. The molecule has 114 valence electrons. The van der Waals surface area contributed by atoms with Gasteiger partial charge in [-0.15, -0.1) is 0 Å². The van der Waals surface area contributed by atoms with Crippen LogP contribution in [-0.4, -0.2) is 32.3 Å². The van der Waals surface area contributed by atoms with Gasteiger partial charge in [0.1, 0.15) is 5.82 Å². The molecule has 0 radical (unpaired) electrons. The van der Waals surface area contributed by atoms with Crippen molar-refractivity contribution in [2.24, 2.45) is 5.73 Å². The highest BCUT2D eigenvalue weighted by atomic mass is 19.1. The minimum atomic E-state index is -0.185. The second-order valence-corrected chi connectivity index (χ2v) is 5.21. The maximum Gasteiger partial charge on any atom is 0.146 e. The quantitative estimate of drug-likeness (QED) is 0.796. The van der Waals surface area contributed by atoms with E-state index in [4.69, 9.17) is 10.5 Å². The molecule has 0 saturated carbocycles. The molecule has 0 aliphatic rings. The van der Waals surface area contributed by atoms with E-state index in [2.05, 4.69) is 11.8 Å². The summed E-state index contributed by atoms with van der Waals surface area (Å²) in [6.07, 6.45) is 1.58. The number of ether oxygens (including phenoxy) is 1. The van der Waals surface area contributed by atoms with Crippen molar-refractivity contribution < 1.29 is 9.13 Å². The zero-order chi connectivity index (χ0) is 15.1. The molecular formula is C16H27FN2O. The van der Waals surface area contributed by atoms with Crippen LogP contribution in [0.2, 0.25) is 0 Å². The molecule has 0 heterocycles. The Hall–Kier alpha value is -1.13. The molecule has 0 fully saturated rings. The second kappa shape index (κ2) is 8.22. The lowest BCUT2D eigenvalue weighted by Gasteiger charge is -2.32. The van der Waals surface area contributed by atoms with Crippen molar-refractivity contribution in [3.8, 4) is 0 Å². The Morgan fingerprint density at radius 1 is 1.35 bits per heavy atom. The third kappa shape index (κ3) is 4.18. The van der Waals surface area contributed by atoms with Crippen LogP contribution in [0.25, 0.3) is 0 Å². The zero-order valence-electron chi connectivity index (χ0n) is 13.0. The summed E-state index contributed by atoms with van der Waals surface area (Å²) >= 11 is 0. The van der Waals surface area contributed by atoms with Crippen molar-refractivity contribution in [2.75, 3.05) is 25.2 Å². The summed E-state index contributed by atoms with van der Waals surface area (Å²) in [7, 11) is 1.67. The molecule has 0 amide bonds. The molecule has 1 rings (SSSR count). The van der Waals surface area contributed by atoms with E-state index in [1.165, 1.54) is 6.07 Å². The van der Waals surface area contributed by atoms with Crippen LogP contribution in [0.3, 0.4) is 0 Å². The van der Waals surface area contributed by atoms with Crippen LogP contribution < -0.4 is 10.6 Å². The summed E-state index contributed by atoms with van der Waals surface area (Å²) in [5, 5.41) is 0. The van der Waals surface area contributed by atoms with E-state index >= 15 is 0 Å². The number of rotatable bonds is 8. The van der Waals surface area contributed by atoms with E-state index in [0.717, 1.165) is 18.5 Å². The highest BCUT2D eigenvalue weighted by Gasteiger charge is 2.20. The number of benzene rings is 1. The maximum absolute atomic E-state index is 14.3. The number of halogens is 1. The van der Waals surface area contributed by atoms with Gasteiger partial charge in [-0.05, 0) is 38.3 Å². The molecule has 2 unspecified atom stereocenters. The van der Waals surface area contributed by atoms with Gasteiger partial charge in [-0.1, -0.05) is 19.1 Å². The first-order valence-electron chi connectivity index (χ1n) is 7.33. The first kappa shape index (κ1) is 16.9. The normalized spacial score (nSPS) is 14.1. The molecule has 0 aliphatic carbocycles. The van der Waals surface area contributed by atoms with Crippen LogP contribution in [0.15, 0.2) is 18.2 Å². The highest BCUT2D eigenvalue weighted by molar-refractivity contribution is 5.56. The van der Waals surface area contributed by atoms with Crippen molar-refractivity contribution in [1.29, 1.82) is 0 Å². The standard InChI is InChI=1S/C16H27FN2O/c1-5-14(18)10-13-8-7-9-15(17)16(13)19(6-2)12(3)11-20-4/h7-9,12,14H,5-6,10-11,18H2,1-4H3. The van der Waals surface area contributed by atoms with E-state index in [0.29, 0.717) is 18.7 Å². The number of hydrogen-bond donors (Lipinski definition) is 1. The smallest absolute Gasteiger partial charge is 0.146 e. The number of likely N-dealkylation sites (N-methyl/N-ethyl adjacent to an activating group) is 1. The number of anilines is 1. The predicted molar refractivity (Wildman–Crippen MR) is 82.7 cm³/mol. The molecule has 4 heteroatoms. The minimum Gasteiger partial charge on any atom is -0.383 e. The van der Waals surface area contributed by atoms with Gasteiger partial charge >= 0.3 is 0 Å². The van der Waals surface area contributed by atoms with Crippen LogP contribution in [0.5, 0.6) is 0 Å². The Morgan fingerprint density at radius 2 is 2.05 bits per heavy atom. The van der Waals surface area contributed by atoms with Gasteiger partial charge in [-0.3, -0.25) is 0 Å². The molecule has 2 atom stereocenters. The Labute approximate surface area is 121 Å². The van der Waals surface area contributed by atoms with Crippen molar-refractivity contribution in [1.82, 2.24) is 0 Å². The lowest BCUT2D eigenvalue weighted by Crippen LogP contribution is -2.38. The van der Waals surface area contributed by atoms with Crippen molar-refractivity contribution in [3.63, 3.8) is 0 Å². The van der Waals surface area contributed by atoms with Crippen LogP contribution in [-0.2, 0) is 11.2 Å². The fourth-order valence-electron chi connectivity index (χ4n) is 2.49. The van der Waals surface area contributed by atoms with Gasteiger partial charge in [-0.2, -0.15) is 0 Å². The van der Waals surface area contributed by atoms with Gasteiger partial charge in [0.15, 0.2) is 0 Å². The number of hydrogen-bond acceptors (Lipinski definition) is 3. The van der Waals surface area contributed by atoms with E-state index in [-0.39, 0.29) is 17.9 Å². The van der Waals surface area contributed by atoms with Crippen molar-refractivity contribution >= 4 is 5.69 Å². The number of nitrogens with zero attached hydrogens (tertiary/aromatic N) is 1. The van der Waals surface area contributed by atoms with Gasteiger partial charge in [0.2, 0.25) is 0 Å². The summed E-state index contributed by atoms with van der Waals surface area (Å²) in [5.41, 5.74) is 7.68. The molecule has 0 aliphatic heterocycles. The van der Waals surface area contributed by atoms with Crippen LogP contribution in [0.4, 0.5) is 10.1 Å². The molecule has 1 aromatic carbocycles. The predicted octanol–water partition coefficient (Wildman–Crippen LogP) is 2.97. The summed E-state index contributed by atoms with van der Waals surface area (Å²) in [4.78, 5) is 2.05. The van der Waals surface area contributed by atoms with Gasteiger partial charge in [0.25, 0.3) is 0 Å². The minimum absolute atomic E-state index is 0.0620. The molecule has 0 spiro atoms. The average Bonchev–Trinajstić information content (AvgIpc) is 2.42. The Kier molecular flexibility index (Phi) is 6.96. The van der Waals surface area contributed by atoms with E-state index in [1.807, 2.05) is 19.9 Å². The van der Waals surface area contributed by atoms with Crippen molar-refractivity contribution in [3.05, 3.63) is 29.6 Å². The van der Waals surface area contributed by atoms with Gasteiger partial charge < -0.3 is 15.4 Å². The number of nitrogens with two attached hydrogens (primary N) is 1. The van der Waals surface area contributed by atoms with E-state index < -0.39 is 0 Å². The second-order valence-electron chi connectivity index (χ2n) is 5.21. The fraction of sp³-hybridized carbons (Fsp3) is 0.625. The maximum atomic E-state index is 14.3. The average molecular weight is 282 g/mol. The summed E-state index contributed by atoms with van der Waals surface area (Å²) in [5.74, 6) is -0.185. The Bertz CT molecular complexity index is 411. The lowest BCUT2D eigenvalue weighted by molar-refractivity contribution is 0.181. The highest BCUT2D eigenvalue weighted by Crippen LogP contribution is 2.27. The molecule has 1 aromatic rings. The fourth-order valence-corrected chi connectivity index (χ4v) is 2.49. The molecule has 3 nitrogen and oxygen atoms in total. The SMILES string of the molecule is CCC(N)Cc1cccc(F)c1N(CC)C(C)COC. The molecule has 0 saturated heterocycles. The number of para-hydroxylation sites is 1. The summed E-state index contributed by atoms with van der Waals surface area (Å²) < 4.78 is 19.5. The third-order valence-corrected chi connectivity index (χ3v) is 3.64. The Morgan fingerprint density at radius 3 is 2.60 bits per heavy atom. The van der Waals surface area contributed by atoms with Gasteiger partial charge in [-0.25, -0.2) is 4.39 Å². The largest absolute Gasteiger partial charge is 0.383 e. The van der Waals surface area contributed by atoms with Crippen LogP contribution in [0, 0.1) is 5.82 Å². The molecule has 2 N–H and O–H groups in total. The van der Waals surface area contributed by atoms with Gasteiger partial charge in [0, 0.05) is 25.7 Å². The topological polar surface area (TPSA) is 38.5 Å². The van der Waals surface area contributed by atoms with Crippen LogP contribution in [0.1, 0.15) is 32.8 Å². The monoisotopic (exact) mass is 282 g/mol. The van der Waals surface area contributed by atoms with E-state index in [1.54, 1.807) is 13.2 Å². The first-order valence-corrected chi connectivity index (χ1v) is 7.33. The third-order valence-electron chi connectivity index (χ3n) is 3.64. The van der Waals surface area contributed by atoms with Crippen LogP contribution >= 0.6 is 0 Å². The van der Waals surface area contributed by atoms with Gasteiger partial charge in [0.05, 0.1) is 12.3 Å². The zero-order valence-corrected chi connectivity index (χ0v) is 13.0. The summed E-state index contributed by atoms with van der Waals surface area (Å²) in [6.45, 7) is 7.43. The number of methoxy groups -OCH3 is 1. The lowest BCUT2D eigenvalue weighted by atomic mass is 10.0. The van der Waals surface area contributed by atoms with E-state index in [9.17, 15) is 4.39 Å². The van der Waals surface area contributed by atoms with Crippen molar-refractivity contribution in [2.45, 2.75) is 45.7 Å². The Balaban J connectivity index is 3.12. The molecule has 0 bridgehead atoms. The first-order chi connectivity index (χ1) is 9.54. The molecular weight excluding hydrogens is 255 g/mol. The summed E-state index contributed by atoms with van der Waals surface area (Å²) in [6, 6.07) is 5.42.